The number of ether oxygens (including phenoxy) is 4. The first kappa shape index (κ1) is 34.2. The summed E-state index contributed by atoms with van der Waals surface area (Å²) in [5.74, 6) is -0.392. The monoisotopic (exact) mass is 569 g/mol. The zero-order valence-electron chi connectivity index (χ0n) is 22.6. The highest BCUT2D eigenvalue weighted by Gasteiger charge is 2.50. The Bertz CT molecular complexity index is 699. The van der Waals surface area contributed by atoms with Crippen LogP contribution in [0.4, 0.5) is 0 Å². The molecule has 0 aromatic rings. The standard InChI is InChI=1S/C25H47NO13/c1-3-4-5-6-7-8-9-15(30)14(26-13(2)29)12-36-24-22(35)20(33)23(17(11-28)38-24)39-25-21(34)19(32)18(31)16(10-27)37-25/h14-25,27-28,30-35H,3-12H2,1-2H3,(H,26,29). The summed E-state index contributed by atoms with van der Waals surface area (Å²) in [6.07, 6.45) is -10.0. The van der Waals surface area contributed by atoms with Crippen LogP contribution >= 0.6 is 0 Å². The minimum atomic E-state index is -1.77. The van der Waals surface area contributed by atoms with Gasteiger partial charge in [0.15, 0.2) is 12.6 Å². The molecule has 12 unspecified atom stereocenters. The Morgan fingerprint density at radius 3 is 2.03 bits per heavy atom. The number of aliphatic hydroxyl groups is 8. The topological polar surface area (TPSA) is 228 Å². The van der Waals surface area contributed by atoms with Crippen molar-refractivity contribution in [2.75, 3.05) is 19.8 Å². The molecule has 0 aromatic heterocycles. The summed E-state index contributed by atoms with van der Waals surface area (Å²) in [4.78, 5) is 11.7. The smallest absolute Gasteiger partial charge is 0.217 e. The van der Waals surface area contributed by atoms with Gasteiger partial charge in [-0.05, 0) is 6.42 Å². The average Bonchev–Trinajstić information content (AvgIpc) is 2.91. The Hall–Kier alpha value is -1.01. The second-order valence-corrected chi connectivity index (χ2v) is 10.3. The van der Waals surface area contributed by atoms with E-state index in [9.17, 15) is 45.6 Å². The van der Waals surface area contributed by atoms with Crippen LogP contribution in [0.2, 0.25) is 0 Å². The summed E-state index contributed by atoms with van der Waals surface area (Å²) < 4.78 is 22.0. The van der Waals surface area contributed by atoms with Gasteiger partial charge in [-0.15, -0.1) is 0 Å². The van der Waals surface area contributed by atoms with E-state index in [1.54, 1.807) is 0 Å². The Morgan fingerprint density at radius 2 is 1.41 bits per heavy atom. The fourth-order valence-electron chi connectivity index (χ4n) is 4.74. The molecule has 2 aliphatic rings. The van der Waals surface area contributed by atoms with Crippen LogP contribution in [0.3, 0.4) is 0 Å². The molecule has 0 aromatic carbocycles. The Balaban J connectivity index is 1.97. The first-order valence-corrected chi connectivity index (χ1v) is 13.7. The van der Waals surface area contributed by atoms with Crippen molar-refractivity contribution >= 4 is 5.91 Å². The van der Waals surface area contributed by atoms with Gasteiger partial charge in [-0.3, -0.25) is 4.79 Å². The van der Waals surface area contributed by atoms with Gasteiger partial charge in [0.1, 0.15) is 48.8 Å². The van der Waals surface area contributed by atoms with Gasteiger partial charge in [0, 0.05) is 6.92 Å². The Labute approximate surface area is 228 Å². The first-order chi connectivity index (χ1) is 18.5. The molecule has 12 atom stereocenters. The lowest BCUT2D eigenvalue weighted by atomic mass is 9.97. The zero-order chi connectivity index (χ0) is 29.1. The molecule has 2 heterocycles. The molecule has 0 aliphatic carbocycles. The maximum Gasteiger partial charge on any atom is 0.217 e. The third-order valence-corrected chi connectivity index (χ3v) is 7.11. The van der Waals surface area contributed by atoms with E-state index < -0.39 is 92.7 Å². The average molecular weight is 570 g/mol. The fourth-order valence-corrected chi connectivity index (χ4v) is 4.74. The molecule has 39 heavy (non-hydrogen) atoms. The van der Waals surface area contributed by atoms with E-state index in [1.807, 2.05) is 0 Å². The van der Waals surface area contributed by atoms with E-state index in [0.717, 1.165) is 38.5 Å². The molecule has 2 saturated heterocycles. The van der Waals surface area contributed by atoms with Crippen molar-refractivity contribution in [1.82, 2.24) is 5.32 Å². The maximum atomic E-state index is 11.7. The highest BCUT2D eigenvalue weighted by Crippen LogP contribution is 2.29. The van der Waals surface area contributed by atoms with Crippen molar-refractivity contribution < 1.29 is 64.6 Å². The molecule has 2 rings (SSSR count). The molecule has 0 spiro atoms. The molecule has 9 N–H and O–H groups in total. The van der Waals surface area contributed by atoms with Crippen molar-refractivity contribution in [2.45, 2.75) is 132 Å². The number of hydrogen-bond donors (Lipinski definition) is 9. The molecule has 1 amide bonds. The van der Waals surface area contributed by atoms with Gasteiger partial charge in [0.05, 0.1) is 32.0 Å². The molecule has 230 valence electrons. The van der Waals surface area contributed by atoms with Crippen LogP contribution in [0.15, 0.2) is 0 Å². The summed E-state index contributed by atoms with van der Waals surface area (Å²) >= 11 is 0. The second-order valence-electron chi connectivity index (χ2n) is 10.3. The maximum absolute atomic E-state index is 11.7. The van der Waals surface area contributed by atoms with Crippen LogP contribution < -0.4 is 5.32 Å². The molecular formula is C25H47NO13. The van der Waals surface area contributed by atoms with E-state index in [2.05, 4.69) is 12.2 Å². The number of nitrogens with one attached hydrogen (secondary N) is 1. The molecule has 14 heteroatoms. The zero-order valence-corrected chi connectivity index (χ0v) is 22.6. The lowest BCUT2D eigenvalue weighted by molar-refractivity contribution is -0.359. The van der Waals surface area contributed by atoms with E-state index in [-0.39, 0.29) is 6.61 Å². The molecule has 0 radical (unpaired) electrons. The van der Waals surface area contributed by atoms with Crippen molar-refractivity contribution in [2.24, 2.45) is 0 Å². The number of hydrogen-bond acceptors (Lipinski definition) is 13. The van der Waals surface area contributed by atoms with Crippen LogP contribution in [0.5, 0.6) is 0 Å². The van der Waals surface area contributed by atoms with Gasteiger partial charge in [0.25, 0.3) is 0 Å². The van der Waals surface area contributed by atoms with Crippen molar-refractivity contribution in [3.63, 3.8) is 0 Å². The van der Waals surface area contributed by atoms with Crippen LogP contribution in [0.25, 0.3) is 0 Å². The second kappa shape index (κ2) is 17.1. The van der Waals surface area contributed by atoms with Crippen molar-refractivity contribution in [1.29, 1.82) is 0 Å². The molecular weight excluding hydrogens is 522 g/mol. The van der Waals surface area contributed by atoms with Gasteiger partial charge < -0.3 is 65.1 Å². The minimum absolute atomic E-state index is 0.262. The molecule has 14 nitrogen and oxygen atoms in total. The van der Waals surface area contributed by atoms with Gasteiger partial charge in [-0.2, -0.15) is 0 Å². The summed E-state index contributed by atoms with van der Waals surface area (Å²) in [5, 5.41) is 84.0. The van der Waals surface area contributed by atoms with Crippen LogP contribution in [0.1, 0.15) is 58.8 Å². The summed E-state index contributed by atoms with van der Waals surface area (Å²) in [6.45, 7) is 1.76. The number of unbranched alkanes of at least 4 members (excludes halogenated alkanes) is 5. The largest absolute Gasteiger partial charge is 0.394 e. The SMILES string of the molecule is CCCCCCCCC(O)C(COC1OC(CO)C(OC2OC(CO)C(O)C(O)C2O)C(O)C1O)NC(C)=O. The molecule has 0 bridgehead atoms. The highest BCUT2D eigenvalue weighted by atomic mass is 16.7. The van der Waals surface area contributed by atoms with Crippen molar-refractivity contribution in [3.8, 4) is 0 Å². The number of carbonyl (C=O) groups excluding carboxylic acids is 1. The lowest BCUT2D eigenvalue weighted by Gasteiger charge is -2.46. The van der Waals surface area contributed by atoms with Crippen LogP contribution in [0, 0.1) is 0 Å². The Morgan fingerprint density at radius 1 is 0.821 bits per heavy atom. The molecule has 0 saturated carbocycles. The third-order valence-electron chi connectivity index (χ3n) is 7.11. The highest BCUT2D eigenvalue weighted by molar-refractivity contribution is 5.73. The number of rotatable bonds is 16. The van der Waals surface area contributed by atoms with Crippen LogP contribution in [-0.4, -0.2) is 140 Å². The lowest BCUT2D eigenvalue weighted by Crippen LogP contribution is -2.65. The van der Waals surface area contributed by atoms with Gasteiger partial charge in [0.2, 0.25) is 5.91 Å². The van der Waals surface area contributed by atoms with E-state index >= 15 is 0 Å². The fraction of sp³-hybridized carbons (Fsp3) is 0.960. The van der Waals surface area contributed by atoms with Gasteiger partial charge in [-0.25, -0.2) is 0 Å². The number of carbonyl (C=O) groups is 1. The normalized spacial score (nSPS) is 36.9. The van der Waals surface area contributed by atoms with E-state index in [1.165, 1.54) is 6.92 Å². The van der Waals surface area contributed by atoms with Crippen LogP contribution in [-0.2, 0) is 23.7 Å². The predicted octanol–water partition coefficient (Wildman–Crippen LogP) is -2.76. The summed E-state index contributed by atoms with van der Waals surface area (Å²) in [5.41, 5.74) is 0. The number of aliphatic hydroxyl groups excluding tert-OH is 8. The third kappa shape index (κ3) is 9.80. The summed E-state index contributed by atoms with van der Waals surface area (Å²) in [6, 6.07) is -0.818. The van der Waals surface area contributed by atoms with E-state index in [0.29, 0.717) is 6.42 Å². The molecule has 2 aliphatic heterocycles. The van der Waals surface area contributed by atoms with Gasteiger partial charge >= 0.3 is 0 Å². The quantitative estimate of drug-likeness (QED) is 0.0860. The molecule has 2 fully saturated rings. The number of amides is 1. The van der Waals surface area contributed by atoms with Crippen molar-refractivity contribution in [3.05, 3.63) is 0 Å². The predicted molar refractivity (Wildman–Crippen MR) is 134 cm³/mol. The van der Waals surface area contributed by atoms with E-state index in [4.69, 9.17) is 18.9 Å². The minimum Gasteiger partial charge on any atom is -0.394 e. The summed E-state index contributed by atoms with van der Waals surface area (Å²) in [7, 11) is 0. The Kier molecular flexibility index (Phi) is 15.0. The van der Waals surface area contributed by atoms with Gasteiger partial charge in [-0.1, -0.05) is 45.4 Å². The first-order valence-electron chi connectivity index (χ1n) is 13.7.